The molecule has 0 amide bonds. The quantitative estimate of drug-likeness (QED) is 0.815. The molecule has 0 N–H and O–H groups in total. The van der Waals surface area contributed by atoms with Gasteiger partial charge in [0.15, 0.2) is 0 Å². The lowest BCUT2D eigenvalue weighted by Crippen LogP contribution is -2.44. The monoisotopic (exact) mass is 350 g/mol. The SMILES string of the molecule is CC(C)N(C)CC1COC2(COCCN(Cc3ccc(F)cc3)C2)C1. The molecule has 1 aromatic carbocycles. The number of hydrogen-bond acceptors (Lipinski definition) is 4. The zero-order valence-electron chi connectivity index (χ0n) is 15.7. The predicted molar refractivity (Wildman–Crippen MR) is 97.1 cm³/mol. The fourth-order valence-electron chi connectivity index (χ4n) is 3.85. The van der Waals surface area contributed by atoms with Crippen LogP contribution in [0.5, 0.6) is 0 Å². The van der Waals surface area contributed by atoms with E-state index in [1.807, 2.05) is 12.1 Å². The maximum Gasteiger partial charge on any atom is 0.123 e. The van der Waals surface area contributed by atoms with E-state index < -0.39 is 0 Å². The first-order chi connectivity index (χ1) is 12.0. The minimum Gasteiger partial charge on any atom is -0.377 e. The summed E-state index contributed by atoms with van der Waals surface area (Å²) in [5, 5.41) is 0. The van der Waals surface area contributed by atoms with Crippen molar-refractivity contribution >= 4 is 0 Å². The predicted octanol–water partition coefficient (Wildman–Crippen LogP) is 2.77. The Morgan fingerprint density at radius 2 is 2.08 bits per heavy atom. The van der Waals surface area contributed by atoms with Crippen LogP contribution in [0.4, 0.5) is 4.39 Å². The molecular formula is C20H31FN2O2. The molecule has 0 aliphatic carbocycles. The second-order valence-corrected chi connectivity index (χ2v) is 7.99. The molecule has 2 heterocycles. The summed E-state index contributed by atoms with van der Waals surface area (Å²) in [6, 6.07) is 7.34. The molecule has 2 unspecified atom stereocenters. The van der Waals surface area contributed by atoms with Gasteiger partial charge in [0.25, 0.3) is 0 Å². The van der Waals surface area contributed by atoms with Crippen LogP contribution in [0.3, 0.4) is 0 Å². The van der Waals surface area contributed by atoms with Gasteiger partial charge in [0.05, 0.1) is 19.8 Å². The summed E-state index contributed by atoms with van der Waals surface area (Å²) in [7, 11) is 2.18. The molecule has 2 fully saturated rings. The molecule has 0 aromatic heterocycles. The minimum atomic E-state index is -0.195. The minimum absolute atomic E-state index is 0.185. The van der Waals surface area contributed by atoms with Crippen molar-refractivity contribution in [3.8, 4) is 0 Å². The zero-order chi connectivity index (χ0) is 17.9. The van der Waals surface area contributed by atoms with E-state index >= 15 is 0 Å². The van der Waals surface area contributed by atoms with Crippen molar-refractivity contribution in [2.75, 3.05) is 46.5 Å². The van der Waals surface area contributed by atoms with E-state index in [9.17, 15) is 4.39 Å². The van der Waals surface area contributed by atoms with E-state index in [0.29, 0.717) is 18.6 Å². The maximum absolute atomic E-state index is 13.1. The van der Waals surface area contributed by atoms with Crippen molar-refractivity contribution < 1.29 is 13.9 Å². The molecular weight excluding hydrogens is 319 g/mol. The molecule has 0 bridgehead atoms. The summed E-state index contributed by atoms with van der Waals surface area (Å²) < 4.78 is 25.3. The first kappa shape index (κ1) is 18.8. The molecule has 1 aromatic rings. The van der Waals surface area contributed by atoms with Crippen molar-refractivity contribution in [2.24, 2.45) is 5.92 Å². The van der Waals surface area contributed by atoms with Crippen LogP contribution in [-0.2, 0) is 16.0 Å². The van der Waals surface area contributed by atoms with Crippen molar-refractivity contribution in [1.29, 1.82) is 0 Å². The van der Waals surface area contributed by atoms with E-state index in [1.54, 1.807) is 0 Å². The molecule has 2 saturated heterocycles. The Morgan fingerprint density at radius 3 is 2.80 bits per heavy atom. The van der Waals surface area contributed by atoms with E-state index in [-0.39, 0.29) is 11.4 Å². The van der Waals surface area contributed by atoms with Crippen LogP contribution in [0.1, 0.15) is 25.8 Å². The Morgan fingerprint density at radius 1 is 1.32 bits per heavy atom. The van der Waals surface area contributed by atoms with Gasteiger partial charge in [0.1, 0.15) is 11.4 Å². The molecule has 3 rings (SSSR count). The first-order valence-electron chi connectivity index (χ1n) is 9.34. The van der Waals surface area contributed by atoms with Gasteiger partial charge in [-0.3, -0.25) is 4.90 Å². The Kier molecular flexibility index (Phi) is 6.10. The van der Waals surface area contributed by atoms with Crippen LogP contribution in [-0.4, -0.2) is 67.9 Å². The Balaban J connectivity index is 1.60. The van der Waals surface area contributed by atoms with Gasteiger partial charge in [-0.1, -0.05) is 12.1 Å². The molecule has 1 spiro atoms. The van der Waals surface area contributed by atoms with Gasteiger partial charge in [-0.15, -0.1) is 0 Å². The number of hydrogen-bond donors (Lipinski definition) is 0. The highest BCUT2D eigenvalue weighted by molar-refractivity contribution is 5.16. The van der Waals surface area contributed by atoms with Gasteiger partial charge in [0.2, 0.25) is 0 Å². The van der Waals surface area contributed by atoms with Gasteiger partial charge in [-0.25, -0.2) is 4.39 Å². The lowest BCUT2D eigenvalue weighted by Gasteiger charge is -2.31. The summed E-state index contributed by atoms with van der Waals surface area (Å²) >= 11 is 0. The zero-order valence-corrected chi connectivity index (χ0v) is 15.7. The molecule has 5 heteroatoms. The molecule has 0 radical (unpaired) electrons. The smallest absolute Gasteiger partial charge is 0.123 e. The standard InChI is InChI=1S/C20H31FN2O2/c1-16(2)22(3)11-18-10-20(25-13-18)14-23(8-9-24-15-20)12-17-4-6-19(21)7-5-17/h4-7,16,18H,8-15H2,1-3H3. The fourth-order valence-corrected chi connectivity index (χ4v) is 3.85. The average Bonchev–Trinajstić information content (AvgIpc) is 2.84. The molecule has 0 saturated carbocycles. The Bertz CT molecular complexity index is 551. The van der Waals surface area contributed by atoms with Gasteiger partial charge in [-0.2, -0.15) is 0 Å². The summed E-state index contributed by atoms with van der Waals surface area (Å²) in [4.78, 5) is 4.77. The first-order valence-corrected chi connectivity index (χ1v) is 9.34. The molecule has 140 valence electrons. The summed E-state index contributed by atoms with van der Waals surface area (Å²) in [5.41, 5.74) is 0.937. The van der Waals surface area contributed by atoms with Crippen LogP contribution < -0.4 is 0 Å². The lowest BCUT2D eigenvalue weighted by molar-refractivity contribution is -0.0563. The topological polar surface area (TPSA) is 24.9 Å². The fraction of sp³-hybridized carbons (Fsp3) is 0.700. The third kappa shape index (κ3) is 5.00. The van der Waals surface area contributed by atoms with Crippen LogP contribution in [0.15, 0.2) is 24.3 Å². The Hall–Kier alpha value is -1.01. The third-order valence-corrected chi connectivity index (χ3v) is 5.46. The summed E-state index contributed by atoms with van der Waals surface area (Å²) in [6.07, 6.45) is 1.05. The highest BCUT2D eigenvalue weighted by Crippen LogP contribution is 2.33. The van der Waals surface area contributed by atoms with Crippen LogP contribution in [0.25, 0.3) is 0 Å². The molecule has 25 heavy (non-hydrogen) atoms. The number of rotatable bonds is 5. The summed E-state index contributed by atoms with van der Waals surface area (Å²) in [6.45, 7) is 10.3. The number of ether oxygens (including phenoxy) is 2. The van der Waals surface area contributed by atoms with Crippen LogP contribution in [0, 0.1) is 11.7 Å². The maximum atomic E-state index is 13.1. The molecule has 2 aliphatic heterocycles. The van der Waals surface area contributed by atoms with Crippen molar-refractivity contribution in [3.05, 3.63) is 35.6 Å². The van der Waals surface area contributed by atoms with Crippen molar-refractivity contribution in [3.63, 3.8) is 0 Å². The highest BCUT2D eigenvalue weighted by Gasteiger charge is 2.43. The van der Waals surface area contributed by atoms with Crippen LogP contribution in [0.2, 0.25) is 0 Å². The lowest BCUT2D eigenvalue weighted by atomic mass is 9.93. The highest BCUT2D eigenvalue weighted by atomic mass is 19.1. The second kappa shape index (κ2) is 8.12. The van der Waals surface area contributed by atoms with Crippen molar-refractivity contribution in [2.45, 2.75) is 38.5 Å². The second-order valence-electron chi connectivity index (χ2n) is 7.99. The van der Waals surface area contributed by atoms with E-state index in [2.05, 4.69) is 30.7 Å². The number of halogens is 1. The Labute approximate surface area is 150 Å². The van der Waals surface area contributed by atoms with Gasteiger partial charge in [0, 0.05) is 32.2 Å². The largest absolute Gasteiger partial charge is 0.377 e. The number of nitrogens with zero attached hydrogens (tertiary/aromatic N) is 2. The summed E-state index contributed by atoms with van der Waals surface area (Å²) in [5.74, 6) is 0.373. The number of benzene rings is 1. The third-order valence-electron chi connectivity index (χ3n) is 5.46. The van der Waals surface area contributed by atoms with Crippen molar-refractivity contribution in [1.82, 2.24) is 9.80 Å². The normalized spacial score (nSPS) is 28.2. The molecule has 2 aliphatic rings. The average molecular weight is 350 g/mol. The van der Waals surface area contributed by atoms with E-state index in [0.717, 1.165) is 51.4 Å². The van der Waals surface area contributed by atoms with Gasteiger partial charge in [-0.05, 0) is 50.9 Å². The van der Waals surface area contributed by atoms with Gasteiger partial charge < -0.3 is 14.4 Å². The van der Waals surface area contributed by atoms with E-state index in [1.165, 1.54) is 12.1 Å². The molecule has 4 nitrogen and oxygen atoms in total. The van der Waals surface area contributed by atoms with Crippen LogP contribution >= 0.6 is 0 Å². The van der Waals surface area contributed by atoms with Gasteiger partial charge >= 0.3 is 0 Å². The molecule has 2 atom stereocenters. The van der Waals surface area contributed by atoms with E-state index in [4.69, 9.17) is 9.47 Å².